The normalized spacial score (nSPS) is 12.4. The number of ether oxygens (including phenoxy) is 1. The number of nitro groups is 1. The number of nitro benzene ring substituents is 1. The van der Waals surface area contributed by atoms with Crippen molar-refractivity contribution in [2.24, 2.45) is 0 Å². The minimum Gasteiger partial charge on any atom is -0.385 e. The lowest BCUT2D eigenvalue weighted by Gasteiger charge is -2.13. The second kappa shape index (κ2) is 7.31. The first-order chi connectivity index (χ1) is 8.54. The molecule has 1 aromatic carbocycles. The van der Waals surface area contributed by atoms with Gasteiger partial charge in [-0.05, 0) is 25.0 Å². The molecule has 0 aliphatic carbocycles. The fourth-order valence-electron chi connectivity index (χ4n) is 1.50. The Kier molecular flexibility index (Phi) is 6.04. The molecule has 1 atom stereocenters. The van der Waals surface area contributed by atoms with Gasteiger partial charge in [-0.2, -0.15) is 0 Å². The molecule has 1 rings (SSSR count). The third-order valence-electron chi connectivity index (χ3n) is 2.62. The number of methoxy groups -OCH3 is 1. The second-order valence-electron chi connectivity index (χ2n) is 4.11. The van der Waals surface area contributed by atoms with Crippen molar-refractivity contribution in [1.82, 2.24) is 5.32 Å². The molecule has 100 valence electrons. The van der Waals surface area contributed by atoms with Crippen LogP contribution in [-0.2, 0) is 11.3 Å². The molecular weight excluding hydrogens is 256 g/mol. The Balaban J connectivity index is 2.57. The highest BCUT2D eigenvalue weighted by molar-refractivity contribution is 6.32. The first-order valence-corrected chi connectivity index (χ1v) is 6.07. The van der Waals surface area contributed by atoms with Gasteiger partial charge in [-0.15, -0.1) is 0 Å². The van der Waals surface area contributed by atoms with Crippen molar-refractivity contribution in [3.8, 4) is 0 Å². The number of hydrogen-bond donors (Lipinski definition) is 1. The first-order valence-electron chi connectivity index (χ1n) is 5.69. The molecule has 5 nitrogen and oxygen atoms in total. The molecule has 0 radical (unpaired) electrons. The molecule has 6 heteroatoms. The van der Waals surface area contributed by atoms with Gasteiger partial charge in [0.25, 0.3) is 5.69 Å². The summed E-state index contributed by atoms with van der Waals surface area (Å²) in [4.78, 5) is 10.3. The van der Waals surface area contributed by atoms with Crippen LogP contribution in [0.25, 0.3) is 0 Å². The summed E-state index contributed by atoms with van der Waals surface area (Å²) in [6, 6.07) is 5.12. The average Bonchev–Trinajstić information content (AvgIpc) is 2.35. The third-order valence-corrected chi connectivity index (χ3v) is 2.94. The molecular formula is C12H17ClN2O3. The van der Waals surface area contributed by atoms with Crippen molar-refractivity contribution in [2.45, 2.75) is 25.9 Å². The lowest BCUT2D eigenvalue weighted by atomic mass is 10.1. The maximum Gasteiger partial charge on any atom is 0.288 e. The molecule has 0 fully saturated rings. The molecule has 0 aliphatic heterocycles. The van der Waals surface area contributed by atoms with E-state index >= 15 is 0 Å². The van der Waals surface area contributed by atoms with E-state index < -0.39 is 4.92 Å². The maximum absolute atomic E-state index is 10.7. The highest BCUT2D eigenvalue weighted by atomic mass is 35.5. The van der Waals surface area contributed by atoms with E-state index in [0.717, 1.165) is 12.0 Å². The van der Waals surface area contributed by atoms with E-state index in [1.807, 2.05) is 6.92 Å². The lowest BCUT2D eigenvalue weighted by molar-refractivity contribution is -0.384. The predicted molar refractivity (Wildman–Crippen MR) is 70.9 cm³/mol. The summed E-state index contributed by atoms with van der Waals surface area (Å²) in [5.74, 6) is 0. The van der Waals surface area contributed by atoms with Crippen molar-refractivity contribution in [1.29, 1.82) is 0 Å². The minimum absolute atomic E-state index is 0.0551. The van der Waals surface area contributed by atoms with Gasteiger partial charge in [-0.25, -0.2) is 0 Å². The summed E-state index contributed by atoms with van der Waals surface area (Å²) in [6.07, 6.45) is 0.895. The summed E-state index contributed by atoms with van der Waals surface area (Å²) in [7, 11) is 1.66. The van der Waals surface area contributed by atoms with Gasteiger partial charge in [-0.3, -0.25) is 10.1 Å². The highest BCUT2D eigenvalue weighted by Gasteiger charge is 2.12. The number of nitrogens with one attached hydrogen (secondary N) is 1. The van der Waals surface area contributed by atoms with Crippen LogP contribution in [0, 0.1) is 10.1 Å². The van der Waals surface area contributed by atoms with E-state index in [0.29, 0.717) is 19.2 Å². The van der Waals surface area contributed by atoms with Crippen LogP contribution < -0.4 is 5.32 Å². The summed E-state index contributed by atoms with van der Waals surface area (Å²) in [5, 5.41) is 14.2. The average molecular weight is 273 g/mol. The van der Waals surface area contributed by atoms with Gasteiger partial charge < -0.3 is 10.1 Å². The van der Waals surface area contributed by atoms with Crippen LogP contribution in [0.4, 0.5) is 5.69 Å². The fraction of sp³-hybridized carbons (Fsp3) is 0.500. The van der Waals surface area contributed by atoms with Gasteiger partial charge >= 0.3 is 0 Å². The van der Waals surface area contributed by atoms with Gasteiger partial charge in [0.1, 0.15) is 5.02 Å². The van der Waals surface area contributed by atoms with Crippen LogP contribution in [0.2, 0.25) is 5.02 Å². The smallest absolute Gasteiger partial charge is 0.288 e. The SMILES string of the molecule is COCCC(C)NCc1ccc(Cl)c([N+](=O)[O-])c1. The lowest BCUT2D eigenvalue weighted by Crippen LogP contribution is -2.26. The summed E-state index contributed by atoms with van der Waals surface area (Å²) in [6.45, 7) is 3.31. The number of rotatable bonds is 7. The van der Waals surface area contributed by atoms with Gasteiger partial charge in [0.15, 0.2) is 0 Å². The van der Waals surface area contributed by atoms with Crippen molar-refractivity contribution < 1.29 is 9.66 Å². The van der Waals surface area contributed by atoms with Gasteiger partial charge in [-0.1, -0.05) is 17.7 Å². The van der Waals surface area contributed by atoms with E-state index in [1.165, 1.54) is 6.07 Å². The number of nitrogens with zero attached hydrogens (tertiary/aromatic N) is 1. The molecule has 18 heavy (non-hydrogen) atoms. The molecule has 0 saturated heterocycles. The van der Waals surface area contributed by atoms with Crippen LogP contribution in [0.15, 0.2) is 18.2 Å². The minimum atomic E-state index is -0.472. The summed E-state index contributed by atoms with van der Waals surface area (Å²) >= 11 is 5.74. The zero-order valence-electron chi connectivity index (χ0n) is 10.5. The van der Waals surface area contributed by atoms with Crippen molar-refractivity contribution in [3.63, 3.8) is 0 Å². The Hall–Kier alpha value is -1.17. The Morgan fingerprint density at radius 1 is 1.56 bits per heavy atom. The molecule has 0 bridgehead atoms. The Morgan fingerprint density at radius 2 is 2.28 bits per heavy atom. The molecule has 0 amide bonds. The fourth-order valence-corrected chi connectivity index (χ4v) is 1.68. The molecule has 0 spiro atoms. The summed E-state index contributed by atoms with van der Waals surface area (Å²) < 4.78 is 4.98. The second-order valence-corrected chi connectivity index (χ2v) is 4.51. The van der Waals surface area contributed by atoms with Crippen LogP contribution >= 0.6 is 11.6 Å². The highest BCUT2D eigenvalue weighted by Crippen LogP contribution is 2.24. The van der Waals surface area contributed by atoms with E-state index in [1.54, 1.807) is 19.2 Å². The third kappa shape index (κ3) is 4.60. The van der Waals surface area contributed by atoms with Gasteiger partial charge in [0, 0.05) is 32.4 Å². The van der Waals surface area contributed by atoms with Crippen molar-refractivity contribution in [2.75, 3.05) is 13.7 Å². The van der Waals surface area contributed by atoms with Crippen LogP contribution in [-0.4, -0.2) is 24.7 Å². The Labute approximate surface area is 111 Å². The van der Waals surface area contributed by atoms with Crippen molar-refractivity contribution in [3.05, 3.63) is 38.9 Å². The van der Waals surface area contributed by atoms with E-state index in [-0.39, 0.29) is 10.7 Å². The van der Waals surface area contributed by atoms with Gasteiger partial charge in [0.05, 0.1) is 4.92 Å². The molecule has 1 unspecified atom stereocenters. The standard InChI is InChI=1S/C12H17ClN2O3/c1-9(5-6-18-2)14-8-10-3-4-11(13)12(7-10)15(16)17/h3-4,7,9,14H,5-6,8H2,1-2H3. The van der Waals surface area contributed by atoms with Crippen LogP contribution in [0.1, 0.15) is 18.9 Å². The Bertz CT molecular complexity index is 412. The number of halogens is 1. The zero-order valence-corrected chi connectivity index (χ0v) is 11.2. The predicted octanol–water partition coefficient (Wildman–Crippen LogP) is 2.76. The molecule has 0 heterocycles. The van der Waals surface area contributed by atoms with E-state index in [9.17, 15) is 10.1 Å². The van der Waals surface area contributed by atoms with Gasteiger partial charge in [0.2, 0.25) is 0 Å². The molecule has 0 aromatic heterocycles. The molecule has 1 N–H and O–H groups in total. The first kappa shape index (κ1) is 14.9. The van der Waals surface area contributed by atoms with Crippen LogP contribution in [0.5, 0.6) is 0 Å². The zero-order chi connectivity index (χ0) is 13.5. The molecule has 1 aromatic rings. The Morgan fingerprint density at radius 3 is 2.89 bits per heavy atom. The van der Waals surface area contributed by atoms with E-state index in [4.69, 9.17) is 16.3 Å². The molecule has 0 aliphatic rings. The quantitative estimate of drug-likeness (QED) is 0.612. The van der Waals surface area contributed by atoms with Crippen molar-refractivity contribution >= 4 is 17.3 Å². The monoisotopic (exact) mass is 272 g/mol. The largest absolute Gasteiger partial charge is 0.385 e. The topological polar surface area (TPSA) is 64.4 Å². The van der Waals surface area contributed by atoms with E-state index in [2.05, 4.69) is 5.32 Å². The number of benzene rings is 1. The molecule has 0 saturated carbocycles. The maximum atomic E-state index is 10.7. The number of hydrogen-bond acceptors (Lipinski definition) is 4. The summed E-state index contributed by atoms with van der Waals surface area (Å²) in [5.41, 5.74) is 0.788. The van der Waals surface area contributed by atoms with Crippen LogP contribution in [0.3, 0.4) is 0 Å².